The highest BCUT2D eigenvalue weighted by atomic mass is 32.2. The summed E-state index contributed by atoms with van der Waals surface area (Å²) in [5.74, 6) is -2.90. The number of quaternary nitrogens is 2. The lowest BCUT2D eigenvalue weighted by molar-refractivity contribution is -1.04. The summed E-state index contributed by atoms with van der Waals surface area (Å²) in [7, 11) is -4.04. The molecule has 2 aromatic rings. The SMILES string of the molecule is CC(O)C1C(=O)N2C(C(=O)O)=C(CN3c4cccc5c6c(cc(c45)S3(=O)=O)C[N+]3(CC6)CC[N+](CCO)(CCO)CC3)C(C)C12. The molecule has 1 spiro atoms. The molecule has 0 aromatic heterocycles. The van der Waals surface area contributed by atoms with Crippen LogP contribution in [0.25, 0.3) is 10.8 Å². The smallest absolute Gasteiger partial charge is 0.352 e. The van der Waals surface area contributed by atoms with Gasteiger partial charge in [-0.15, -0.1) is 0 Å². The van der Waals surface area contributed by atoms with E-state index in [1.165, 1.54) is 16.1 Å². The molecule has 4 unspecified atom stereocenters. The zero-order valence-electron chi connectivity index (χ0n) is 25.7. The van der Waals surface area contributed by atoms with Gasteiger partial charge >= 0.3 is 5.97 Å². The van der Waals surface area contributed by atoms with Crippen LogP contribution >= 0.6 is 0 Å². The predicted octanol–water partition coefficient (Wildman–Crippen LogP) is 0.233. The van der Waals surface area contributed by atoms with Crippen molar-refractivity contribution in [2.45, 2.75) is 43.9 Å². The maximum absolute atomic E-state index is 14.3. The molecule has 45 heavy (non-hydrogen) atoms. The number of carboxylic acids is 1. The number of hydrogen-bond donors (Lipinski definition) is 4. The Balaban J connectivity index is 1.23. The number of anilines is 1. The fraction of sp³-hybridized carbons (Fsp3) is 0.562. The third kappa shape index (κ3) is 4.31. The Morgan fingerprint density at radius 1 is 1.09 bits per heavy atom. The molecule has 2 fully saturated rings. The highest BCUT2D eigenvalue weighted by Gasteiger charge is 2.60. The van der Waals surface area contributed by atoms with Gasteiger partial charge in [0.1, 0.15) is 51.5 Å². The van der Waals surface area contributed by atoms with Crippen molar-refractivity contribution in [3.8, 4) is 0 Å². The van der Waals surface area contributed by atoms with Crippen LogP contribution in [0.4, 0.5) is 5.69 Å². The molecule has 5 heterocycles. The summed E-state index contributed by atoms with van der Waals surface area (Å²) in [6, 6.07) is 6.91. The summed E-state index contributed by atoms with van der Waals surface area (Å²) in [6.45, 7) is 9.64. The molecule has 7 rings (SSSR count). The Morgan fingerprint density at radius 2 is 1.78 bits per heavy atom. The lowest BCUT2D eigenvalue weighted by atomic mass is 9.78. The maximum Gasteiger partial charge on any atom is 0.352 e. The summed E-state index contributed by atoms with van der Waals surface area (Å²) in [4.78, 5) is 26.8. The molecule has 2 saturated heterocycles. The zero-order valence-corrected chi connectivity index (χ0v) is 26.5. The second-order valence-corrected chi connectivity index (χ2v) is 15.6. The first-order valence-corrected chi connectivity index (χ1v) is 17.3. The number of hydrogen-bond acceptors (Lipinski definition) is 7. The maximum atomic E-state index is 14.3. The van der Waals surface area contributed by atoms with Crippen LogP contribution in [-0.2, 0) is 32.6 Å². The van der Waals surface area contributed by atoms with E-state index in [2.05, 4.69) is 0 Å². The minimum atomic E-state index is -4.04. The number of nitrogens with zero attached hydrogens (tertiary/aromatic N) is 4. The van der Waals surface area contributed by atoms with E-state index in [-0.39, 0.29) is 30.4 Å². The number of aliphatic carboxylic acids is 1. The number of carbonyl (C=O) groups excluding carboxylic acids is 1. The molecule has 242 valence electrons. The van der Waals surface area contributed by atoms with Crippen molar-refractivity contribution in [1.29, 1.82) is 0 Å². The number of benzene rings is 2. The number of piperazine rings is 1. The van der Waals surface area contributed by atoms with Gasteiger partial charge in [0.25, 0.3) is 10.0 Å². The molecule has 2 aromatic carbocycles. The molecular weight excluding hydrogens is 600 g/mol. The molecule has 0 bridgehead atoms. The van der Waals surface area contributed by atoms with E-state index in [4.69, 9.17) is 0 Å². The van der Waals surface area contributed by atoms with Crippen LogP contribution in [0.3, 0.4) is 0 Å². The van der Waals surface area contributed by atoms with Crippen LogP contribution in [0.2, 0.25) is 0 Å². The van der Waals surface area contributed by atoms with Gasteiger partial charge in [-0.3, -0.25) is 9.10 Å². The molecule has 0 radical (unpaired) electrons. The van der Waals surface area contributed by atoms with Crippen LogP contribution in [0.5, 0.6) is 0 Å². The predicted molar refractivity (Wildman–Crippen MR) is 164 cm³/mol. The van der Waals surface area contributed by atoms with E-state index in [1.54, 1.807) is 13.0 Å². The fourth-order valence-corrected chi connectivity index (χ4v) is 10.8. The number of rotatable bonds is 8. The summed E-state index contributed by atoms with van der Waals surface area (Å²) in [5.41, 5.74) is 2.88. The minimum absolute atomic E-state index is 0.0780. The summed E-state index contributed by atoms with van der Waals surface area (Å²) in [6.07, 6.45) is -0.138. The highest BCUT2D eigenvalue weighted by Crippen LogP contribution is 2.50. The van der Waals surface area contributed by atoms with Gasteiger partial charge in [0, 0.05) is 23.3 Å². The lowest BCUT2D eigenvalue weighted by Gasteiger charge is -2.51. The van der Waals surface area contributed by atoms with Crippen molar-refractivity contribution < 1.29 is 47.4 Å². The molecule has 1 amide bonds. The first-order chi connectivity index (χ1) is 21.4. The second kappa shape index (κ2) is 10.5. The number of carbonyl (C=O) groups is 2. The number of sulfonamides is 1. The van der Waals surface area contributed by atoms with Gasteiger partial charge in [-0.2, -0.15) is 0 Å². The standard InChI is InChI=1S/C32H41N4O8S/c1-19-24(30(32(41)42)34-29(19)27(20(2)39)31(34)40)17-33-25-5-3-4-23-22-6-7-36(10-8-35(9-11-36,12-14-37)13-15-38)18-21(22)16-26(28(23)25)45(33,43)44/h3-5,16,19-20,27,29,37-39H,6-15,17-18H2,1-2H3/q+1/p+1. The monoisotopic (exact) mass is 642 g/mol. The highest BCUT2D eigenvalue weighted by molar-refractivity contribution is 7.93. The van der Waals surface area contributed by atoms with Crippen LogP contribution < -0.4 is 4.31 Å². The average molecular weight is 643 g/mol. The van der Waals surface area contributed by atoms with Crippen molar-refractivity contribution in [1.82, 2.24) is 4.90 Å². The van der Waals surface area contributed by atoms with Gasteiger partial charge in [-0.05, 0) is 35.6 Å². The third-order valence-electron chi connectivity index (χ3n) is 11.6. The molecule has 13 heteroatoms. The number of β-lactam (4-membered cyclic amide) rings is 1. The minimum Gasteiger partial charge on any atom is -0.477 e. The molecule has 0 aliphatic carbocycles. The van der Waals surface area contributed by atoms with Gasteiger partial charge in [0.15, 0.2) is 0 Å². The summed E-state index contributed by atoms with van der Waals surface area (Å²) >= 11 is 0. The molecule has 5 aliphatic heterocycles. The fourth-order valence-electron chi connectivity index (χ4n) is 9.04. The van der Waals surface area contributed by atoms with E-state index in [1.807, 2.05) is 18.2 Å². The van der Waals surface area contributed by atoms with Crippen molar-refractivity contribution in [3.63, 3.8) is 0 Å². The molecule has 4 atom stereocenters. The molecule has 12 nitrogen and oxygen atoms in total. The van der Waals surface area contributed by atoms with Crippen molar-refractivity contribution in [3.05, 3.63) is 46.7 Å². The van der Waals surface area contributed by atoms with Crippen LogP contribution in [-0.4, -0.2) is 132 Å². The summed E-state index contributed by atoms with van der Waals surface area (Å²) in [5, 5.41) is 41.3. The molecule has 5 aliphatic rings. The first kappa shape index (κ1) is 30.6. The molecular formula is C32H42N4O8S+2. The third-order valence-corrected chi connectivity index (χ3v) is 13.3. The van der Waals surface area contributed by atoms with Gasteiger partial charge in [0.05, 0.1) is 54.9 Å². The number of aliphatic hydroxyl groups is 3. The Kier molecular flexibility index (Phi) is 7.12. The van der Waals surface area contributed by atoms with E-state index < -0.39 is 45.9 Å². The van der Waals surface area contributed by atoms with Gasteiger partial charge < -0.3 is 34.3 Å². The van der Waals surface area contributed by atoms with E-state index >= 15 is 0 Å². The zero-order chi connectivity index (χ0) is 32.1. The largest absolute Gasteiger partial charge is 0.477 e. The quantitative estimate of drug-likeness (QED) is 0.236. The normalized spacial score (nSPS) is 27.9. The van der Waals surface area contributed by atoms with E-state index in [0.717, 1.165) is 60.1 Å². The Bertz CT molecular complexity index is 1740. The number of aliphatic hydroxyl groups excluding tert-OH is 3. The van der Waals surface area contributed by atoms with Gasteiger partial charge in [-0.1, -0.05) is 19.1 Å². The Labute approximate surface area is 262 Å². The van der Waals surface area contributed by atoms with E-state index in [9.17, 15) is 38.4 Å². The van der Waals surface area contributed by atoms with Crippen molar-refractivity contribution >= 4 is 38.4 Å². The van der Waals surface area contributed by atoms with Crippen LogP contribution in [0.15, 0.2) is 40.4 Å². The average Bonchev–Trinajstić information content (AvgIpc) is 3.36. The van der Waals surface area contributed by atoms with Crippen molar-refractivity contribution in [2.75, 3.05) is 69.9 Å². The summed E-state index contributed by atoms with van der Waals surface area (Å²) < 4.78 is 31.5. The van der Waals surface area contributed by atoms with Crippen molar-refractivity contribution in [2.24, 2.45) is 11.8 Å². The van der Waals surface area contributed by atoms with Gasteiger partial charge in [0.2, 0.25) is 5.91 Å². The Morgan fingerprint density at radius 3 is 2.40 bits per heavy atom. The molecule has 0 saturated carbocycles. The number of fused-ring (bicyclic) bond motifs is 3. The lowest BCUT2D eigenvalue weighted by Crippen LogP contribution is -2.68. The van der Waals surface area contributed by atoms with Gasteiger partial charge in [-0.25, -0.2) is 13.2 Å². The number of amides is 1. The number of carboxylic acid groups (broad SMARTS) is 1. The van der Waals surface area contributed by atoms with E-state index in [0.29, 0.717) is 40.8 Å². The molecule has 4 N–H and O–H groups in total. The first-order valence-electron chi connectivity index (χ1n) is 15.9. The second-order valence-electron chi connectivity index (χ2n) is 13.8. The topological polar surface area (TPSA) is 156 Å². The Hall–Kier alpha value is -3.07. The van der Waals surface area contributed by atoms with Crippen LogP contribution in [0.1, 0.15) is 25.0 Å². The van der Waals surface area contributed by atoms with Crippen LogP contribution in [0, 0.1) is 11.8 Å².